The first-order chi connectivity index (χ1) is 11.2. The van der Waals surface area contributed by atoms with E-state index in [-0.39, 0.29) is 12.2 Å². The molecule has 0 amide bonds. The number of nitrogens with one attached hydrogen (secondary N) is 1. The molecule has 1 unspecified atom stereocenters. The van der Waals surface area contributed by atoms with E-state index in [1.807, 2.05) is 18.3 Å². The zero-order valence-electron chi connectivity index (χ0n) is 12.5. The highest BCUT2D eigenvalue weighted by molar-refractivity contribution is 5.85. The van der Waals surface area contributed by atoms with E-state index in [2.05, 4.69) is 41.4 Å². The molecule has 3 aromatic rings. The zero-order chi connectivity index (χ0) is 15.8. The van der Waals surface area contributed by atoms with Gasteiger partial charge in [0.05, 0.1) is 6.10 Å². The summed E-state index contributed by atoms with van der Waals surface area (Å²) in [5.74, 6) is 0.237. The fourth-order valence-electron chi connectivity index (χ4n) is 3.02. The molecule has 3 heteroatoms. The van der Waals surface area contributed by atoms with Crippen LogP contribution in [0.15, 0.2) is 72.6 Å². The fourth-order valence-corrected chi connectivity index (χ4v) is 3.02. The molecule has 1 heterocycles. The van der Waals surface area contributed by atoms with Gasteiger partial charge in [0.2, 0.25) is 0 Å². The summed E-state index contributed by atoms with van der Waals surface area (Å²) in [5, 5.41) is 20.8. The van der Waals surface area contributed by atoms with Gasteiger partial charge in [-0.3, -0.25) is 0 Å². The molecular weight excluding hydrogens is 286 g/mol. The Hall–Kier alpha value is -2.78. The lowest BCUT2D eigenvalue weighted by Crippen LogP contribution is -2.09. The molecule has 1 aromatic heterocycles. The number of allylic oxidation sites excluding steroid dienone is 2. The summed E-state index contributed by atoms with van der Waals surface area (Å²) in [5.41, 5.74) is 5.17. The minimum Gasteiger partial charge on any atom is -0.512 e. The Balaban J connectivity index is 1.68. The molecule has 4 rings (SSSR count). The molecule has 0 saturated heterocycles. The molecule has 1 aliphatic carbocycles. The number of fused-ring (bicyclic) bond motifs is 1. The lowest BCUT2D eigenvalue weighted by molar-refractivity contribution is 0.201. The van der Waals surface area contributed by atoms with Crippen molar-refractivity contribution in [1.29, 1.82) is 0 Å². The Bertz CT molecular complexity index is 916. The van der Waals surface area contributed by atoms with Gasteiger partial charge in [0.1, 0.15) is 5.76 Å². The first-order valence-electron chi connectivity index (χ1n) is 7.67. The van der Waals surface area contributed by atoms with Crippen LogP contribution in [0.4, 0.5) is 0 Å². The Kier molecular flexibility index (Phi) is 3.28. The van der Waals surface area contributed by atoms with E-state index in [1.54, 1.807) is 12.2 Å². The fraction of sp³-hybridized carbons (Fsp3) is 0.100. The number of benzene rings is 2. The Morgan fingerprint density at radius 2 is 1.65 bits per heavy atom. The molecule has 114 valence electrons. The van der Waals surface area contributed by atoms with Gasteiger partial charge in [0, 0.05) is 23.7 Å². The molecule has 0 bridgehead atoms. The smallest absolute Gasteiger partial charge is 0.103 e. The third-order valence-electron chi connectivity index (χ3n) is 4.28. The van der Waals surface area contributed by atoms with Crippen LogP contribution in [0.3, 0.4) is 0 Å². The third kappa shape index (κ3) is 2.56. The van der Waals surface area contributed by atoms with Crippen molar-refractivity contribution >= 4 is 16.5 Å². The van der Waals surface area contributed by atoms with Gasteiger partial charge >= 0.3 is 0 Å². The maximum Gasteiger partial charge on any atom is 0.103 e. The van der Waals surface area contributed by atoms with Crippen molar-refractivity contribution in [1.82, 2.24) is 4.98 Å². The van der Waals surface area contributed by atoms with Crippen LogP contribution < -0.4 is 0 Å². The quantitative estimate of drug-likeness (QED) is 0.656. The van der Waals surface area contributed by atoms with Gasteiger partial charge in [0.25, 0.3) is 0 Å². The summed E-state index contributed by atoms with van der Waals surface area (Å²) in [6.45, 7) is 0. The van der Waals surface area contributed by atoms with Crippen LogP contribution in [0.1, 0.15) is 12.0 Å². The Labute approximate surface area is 134 Å². The summed E-state index contributed by atoms with van der Waals surface area (Å²) in [4.78, 5) is 3.20. The van der Waals surface area contributed by atoms with Crippen LogP contribution in [-0.4, -0.2) is 21.3 Å². The van der Waals surface area contributed by atoms with Crippen LogP contribution in [0.25, 0.3) is 27.6 Å². The predicted molar refractivity (Wildman–Crippen MR) is 93.0 cm³/mol. The van der Waals surface area contributed by atoms with Crippen LogP contribution in [0.2, 0.25) is 0 Å². The molecule has 0 spiro atoms. The highest BCUT2D eigenvalue weighted by atomic mass is 16.3. The van der Waals surface area contributed by atoms with Gasteiger partial charge in [-0.15, -0.1) is 0 Å². The van der Waals surface area contributed by atoms with Crippen molar-refractivity contribution < 1.29 is 10.2 Å². The maximum absolute atomic E-state index is 10.0. The monoisotopic (exact) mass is 303 g/mol. The van der Waals surface area contributed by atoms with Gasteiger partial charge < -0.3 is 15.2 Å². The summed E-state index contributed by atoms with van der Waals surface area (Å²) in [6, 6.07) is 16.5. The first kappa shape index (κ1) is 13.9. The molecule has 1 atom stereocenters. The average molecular weight is 303 g/mol. The van der Waals surface area contributed by atoms with Crippen molar-refractivity contribution in [3.63, 3.8) is 0 Å². The van der Waals surface area contributed by atoms with E-state index in [4.69, 9.17) is 0 Å². The Morgan fingerprint density at radius 1 is 0.913 bits per heavy atom. The summed E-state index contributed by atoms with van der Waals surface area (Å²) >= 11 is 0. The van der Waals surface area contributed by atoms with Crippen molar-refractivity contribution in [3.05, 3.63) is 78.2 Å². The van der Waals surface area contributed by atoms with E-state index < -0.39 is 6.10 Å². The number of hydrogen-bond acceptors (Lipinski definition) is 2. The molecule has 0 saturated carbocycles. The molecule has 2 aromatic carbocycles. The number of hydrogen-bond donors (Lipinski definition) is 3. The summed E-state index contributed by atoms with van der Waals surface area (Å²) < 4.78 is 0. The molecule has 23 heavy (non-hydrogen) atoms. The number of H-pyrrole nitrogens is 1. The van der Waals surface area contributed by atoms with Gasteiger partial charge in [0.15, 0.2) is 0 Å². The number of aliphatic hydroxyl groups is 2. The van der Waals surface area contributed by atoms with E-state index in [0.29, 0.717) is 0 Å². The van der Waals surface area contributed by atoms with Gasteiger partial charge in [-0.1, -0.05) is 42.5 Å². The van der Waals surface area contributed by atoms with E-state index in [1.165, 1.54) is 5.39 Å². The highest BCUT2D eigenvalue weighted by Gasteiger charge is 2.14. The molecule has 1 aliphatic rings. The molecule has 0 aliphatic heterocycles. The lowest BCUT2D eigenvalue weighted by Gasteiger charge is -2.15. The first-order valence-corrected chi connectivity index (χ1v) is 7.67. The predicted octanol–water partition coefficient (Wildman–Crippen LogP) is 4.42. The second-order valence-electron chi connectivity index (χ2n) is 5.85. The number of aromatic amines is 1. The average Bonchev–Trinajstić information content (AvgIpc) is 3.03. The third-order valence-corrected chi connectivity index (χ3v) is 4.28. The van der Waals surface area contributed by atoms with Crippen LogP contribution in [-0.2, 0) is 0 Å². The van der Waals surface area contributed by atoms with Gasteiger partial charge in [-0.25, -0.2) is 0 Å². The minimum absolute atomic E-state index is 0.237. The Morgan fingerprint density at radius 3 is 2.43 bits per heavy atom. The van der Waals surface area contributed by atoms with Crippen LogP contribution in [0.5, 0.6) is 0 Å². The normalized spacial score (nSPS) is 17.9. The SMILES string of the molecule is OC1=C(c2ccc(-c3ccc4[nH]ccc4c3)cc2)C=CC(O)C1. The highest BCUT2D eigenvalue weighted by Crippen LogP contribution is 2.29. The van der Waals surface area contributed by atoms with Gasteiger partial charge in [-0.05, 0) is 40.3 Å². The van der Waals surface area contributed by atoms with Crippen molar-refractivity contribution in [3.8, 4) is 11.1 Å². The van der Waals surface area contributed by atoms with Crippen LogP contribution >= 0.6 is 0 Å². The molecule has 3 nitrogen and oxygen atoms in total. The second kappa shape index (κ2) is 5.45. The molecule has 0 fully saturated rings. The molecule has 3 N–H and O–H groups in total. The largest absolute Gasteiger partial charge is 0.512 e. The van der Waals surface area contributed by atoms with Gasteiger partial charge in [-0.2, -0.15) is 0 Å². The molecular formula is C20H17NO2. The van der Waals surface area contributed by atoms with E-state index in [0.717, 1.165) is 27.8 Å². The number of aromatic nitrogens is 1. The van der Waals surface area contributed by atoms with E-state index >= 15 is 0 Å². The summed E-state index contributed by atoms with van der Waals surface area (Å²) in [7, 11) is 0. The standard InChI is InChI=1S/C20H17NO2/c22-17-6-7-18(20(23)12-17)14-3-1-13(2-4-14)15-5-8-19-16(11-15)9-10-21-19/h1-11,17,21-23H,12H2. The van der Waals surface area contributed by atoms with Crippen molar-refractivity contribution in [2.75, 3.05) is 0 Å². The maximum atomic E-state index is 10.0. The lowest BCUT2D eigenvalue weighted by atomic mass is 9.95. The van der Waals surface area contributed by atoms with E-state index in [9.17, 15) is 10.2 Å². The van der Waals surface area contributed by atoms with Crippen molar-refractivity contribution in [2.24, 2.45) is 0 Å². The number of rotatable bonds is 2. The minimum atomic E-state index is -0.592. The topological polar surface area (TPSA) is 56.2 Å². The number of aliphatic hydroxyl groups excluding tert-OH is 2. The van der Waals surface area contributed by atoms with Crippen LogP contribution in [0, 0.1) is 0 Å². The molecule has 0 radical (unpaired) electrons. The summed E-state index contributed by atoms with van der Waals surface area (Å²) in [6.07, 6.45) is 5.12. The zero-order valence-corrected chi connectivity index (χ0v) is 12.5. The van der Waals surface area contributed by atoms with Crippen molar-refractivity contribution in [2.45, 2.75) is 12.5 Å². The second-order valence-corrected chi connectivity index (χ2v) is 5.85.